The van der Waals surface area contributed by atoms with Gasteiger partial charge in [0.2, 0.25) is 0 Å². The molecule has 0 amide bonds. The Balaban J connectivity index is 1.86. The van der Waals surface area contributed by atoms with E-state index in [4.69, 9.17) is 4.74 Å². The minimum absolute atomic E-state index is 0.360. The third-order valence-electron chi connectivity index (χ3n) is 4.08. The van der Waals surface area contributed by atoms with Gasteiger partial charge in [-0.25, -0.2) is 14.3 Å². The third-order valence-corrected chi connectivity index (χ3v) is 4.08. The number of pyridine rings is 1. The van der Waals surface area contributed by atoms with Crippen LogP contribution >= 0.6 is 0 Å². The van der Waals surface area contributed by atoms with Gasteiger partial charge in [0.15, 0.2) is 11.5 Å². The molecule has 0 aliphatic carbocycles. The van der Waals surface area contributed by atoms with Crippen molar-refractivity contribution in [3.8, 4) is 0 Å². The number of ether oxygens (including phenoxy) is 1. The first kappa shape index (κ1) is 14.0. The van der Waals surface area contributed by atoms with Gasteiger partial charge in [-0.2, -0.15) is 5.10 Å². The first-order chi connectivity index (χ1) is 10.1. The van der Waals surface area contributed by atoms with Crippen LogP contribution in [0.5, 0.6) is 0 Å². The van der Waals surface area contributed by atoms with Crippen LogP contribution in [0.1, 0.15) is 42.4 Å². The number of hydrogen-bond acceptors (Lipinski definition) is 5. The van der Waals surface area contributed by atoms with Crippen molar-refractivity contribution in [3.05, 3.63) is 29.7 Å². The average Bonchev–Trinajstić information content (AvgIpc) is 3.11. The molecule has 3 heterocycles. The van der Waals surface area contributed by atoms with E-state index in [0.717, 1.165) is 31.0 Å². The van der Waals surface area contributed by atoms with Gasteiger partial charge in [0.05, 0.1) is 12.7 Å². The summed E-state index contributed by atoms with van der Waals surface area (Å²) in [6, 6.07) is 4.07. The summed E-state index contributed by atoms with van der Waals surface area (Å²) in [5.74, 6) is 0.870. The van der Waals surface area contributed by atoms with Crippen LogP contribution in [0.15, 0.2) is 18.3 Å². The SMILES string of the molecule is COC(=O)c1ccc2nc(C3CCN(C(C)C)C3)nn2c1. The monoisotopic (exact) mass is 288 g/mol. The van der Waals surface area contributed by atoms with E-state index in [-0.39, 0.29) is 5.97 Å². The highest BCUT2D eigenvalue weighted by Gasteiger charge is 2.28. The van der Waals surface area contributed by atoms with E-state index in [0.29, 0.717) is 17.5 Å². The van der Waals surface area contributed by atoms with Gasteiger partial charge < -0.3 is 9.64 Å². The van der Waals surface area contributed by atoms with Crippen LogP contribution in [0.2, 0.25) is 0 Å². The predicted molar refractivity (Wildman–Crippen MR) is 78.4 cm³/mol. The largest absolute Gasteiger partial charge is 0.465 e. The molecule has 0 radical (unpaired) electrons. The lowest BCUT2D eigenvalue weighted by Gasteiger charge is -2.19. The van der Waals surface area contributed by atoms with Crippen molar-refractivity contribution >= 4 is 11.6 Å². The van der Waals surface area contributed by atoms with Crippen LogP contribution in [0.3, 0.4) is 0 Å². The number of methoxy groups -OCH3 is 1. The molecule has 3 rings (SSSR count). The second-order valence-corrected chi connectivity index (χ2v) is 5.76. The number of hydrogen-bond donors (Lipinski definition) is 0. The van der Waals surface area contributed by atoms with Gasteiger partial charge in [-0.3, -0.25) is 0 Å². The molecule has 0 bridgehead atoms. The summed E-state index contributed by atoms with van der Waals surface area (Å²) in [6.07, 6.45) is 2.76. The molecule has 21 heavy (non-hydrogen) atoms. The summed E-state index contributed by atoms with van der Waals surface area (Å²) >= 11 is 0. The highest BCUT2D eigenvalue weighted by atomic mass is 16.5. The number of carbonyl (C=O) groups excluding carboxylic acids is 1. The van der Waals surface area contributed by atoms with Crippen molar-refractivity contribution in [2.24, 2.45) is 0 Å². The van der Waals surface area contributed by atoms with Gasteiger partial charge >= 0.3 is 5.97 Å². The molecule has 2 aromatic heterocycles. The fraction of sp³-hybridized carbons (Fsp3) is 0.533. The number of fused-ring (bicyclic) bond motifs is 1. The zero-order valence-electron chi connectivity index (χ0n) is 12.6. The molecule has 0 aromatic carbocycles. The molecule has 0 saturated carbocycles. The smallest absolute Gasteiger partial charge is 0.339 e. The Hall–Kier alpha value is -1.95. The van der Waals surface area contributed by atoms with Gasteiger partial charge in [0.25, 0.3) is 0 Å². The fourth-order valence-corrected chi connectivity index (χ4v) is 2.78. The standard InChI is InChI=1S/C15H20N4O2/c1-10(2)18-7-6-11(8-18)14-16-13-5-4-12(15(20)21-3)9-19(13)17-14/h4-5,9-11H,6-8H2,1-3H3. The summed E-state index contributed by atoms with van der Waals surface area (Å²) < 4.78 is 6.39. The lowest BCUT2D eigenvalue weighted by molar-refractivity contribution is 0.0600. The van der Waals surface area contributed by atoms with Crippen molar-refractivity contribution in [1.82, 2.24) is 19.5 Å². The van der Waals surface area contributed by atoms with E-state index in [2.05, 4.69) is 28.8 Å². The summed E-state index contributed by atoms with van der Waals surface area (Å²) in [5, 5.41) is 4.54. The van der Waals surface area contributed by atoms with Gasteiger partial charge in [-0.15, -0.1) is 0 Å². The van der Waals surface area contributed by atoms with Crippen molar-refractivity contribution in [2.45, 2.75) is 32.2 Å². The molecule has 0 N–H and O–H groups in total. The van der Waals surface area contributed by atoms with Crippen molar-refractivity contribution in [3.63, 3.8) is 0 Å². The number of nitrogens with zero attached hydrogens (tertiary/aromatic N) is 4. The lowest BCUT2D eigenvalue weighted by atomic mass is 10.1. The van der Waals surface area contributed by atoms with E-state index in [1.165, 1.54) is 7.11 Å². The highest BCUT2D eigenvalue weighted by Crippen LogP contribution is 2.26. The minimum Gasteiger partial charge on any atom is -0.465 e. The summed E-state index contributed by atoms with van der Waals surface area (Å²) in [5.41, 5.74) is 1.25. The Morgan fingerprint density at radius 1 is 1.43 bits per heavy atom. The van der Waals surface area contributed by atoms with Crippen LogP contribution < -0.4 is 0 Å². The average molecular weight is 288 g/mol. The van der Waals surface area contributed by atoms with E-state index >= 15 is 0 Å². The van der Waals surface area contributed by atoms with E-state index in [9.17, 15) is 4.79 Å². The molecule has 112 valence electrons. The molecular weight excluding hydrogens is 268 g/mol. The highest BCUT2D eigenvalue weighted by molar-refractivity contribution is 5.89. The predicted octanol–water partition coefficient (Wildman–Crippen LogP) is 1.71. The first-order valence-electron chi connectivity index (χ1n) is 7.27. The maximum absolute atomic E-state index is 11.5. The van der Waals surface area contributed by atoms with Gasteiger partial charge in [0, 0.05) is 24.7 Å². The van der Waals surface area contributed by atoms with Crippen LogP contribution in [-0.4, -0.2) is 51.7 Å². The molecule has 2 aromatic rings. The van der Waals surface area contributed by atoms with Crippen molar-refractivity contribution in [1.29, 1.82) is 0 Å². The Bertz CT molecular complexity index is 665. The van der Waals surface area contributed by atoms with E-state index < -0.39 is 0 Å². The molecule has 1 unspecified atom stereocenters. The Morgan fingerprint density at radius 3 is 2.90 bits per heavy atom. The number of rotatable bonds is 3. The quantitative estimate of drug-likeness (QED) is 0.805. The van der Waals surface area contributed by atoms with Crippen LogP contribution in [0.4, 0.5) is 0 Å². The Labute approximate surface area is 123 Å². The van der Waals surface area contributed by atoms with Crippen molar-refractivity contribution < 1.29 is 9.53 Å². The maximum atomic E-state index is 11.5. The van der Waals surface area contributed by atoms with Crippen molar-refractivity contribution in [2.75, 3.05) is 20.2 Å². The van der Waals surface area contributed by atoms with E-state index in [1.807, 2.05) is 0 Å². The topological polar surface area (TPSA) is 59.7 Å². The zero-order chi connectivity index (χ0) is 15.0. The number of esters is 1. The molecule has 1 fully saturated rings. The van der Waals surface area contributed by atoms with Gasteiger partial charge in [0.1, 0.15) is 0 Å². The summed E-state index contributed by atoms with van der Waals surface area (Å²) in [6.45, 7) is 6.51. The molecule has 6 heteroatoms. The molecule has 1 atom stereocenters. The fourth-order valence-electron chi connectivity index (χ4n) is 2.78. The normalized spacial score (nSPS) is 19.5. The second-order valence-electron chi connectivity index (χ2n) is 5.76. The molecule has 1 aliphatic rings. The second kappa shape index (κ2) is 5.44. The Morgan fingerprint density at radius 2 is 2.24 bits per heavy atom. The van der Waals surface area contributed by atoms with Crippen LogP contribution in [0.25, 0.3) is 5.65 Å². The Kier molecular flexibility index (Phi) is 3.63. The number of carbonyl (C=O) groups is 1. The van der Waals surface area contributed by atoms with Gasteiger partial charge in [-0.05, 0) is 38.9 Å². The molecular formula is C15H20N4O2. The third kappa shape index (κ3) is 2.63. The number of aromatic nitrogens is 3. The van der Waals surface area contributed by atoms with Crippen LogP contribution in [-0.2, 0) is 4.74 Å². The summed E-state index contributed by atoms with van der Waals surface area (Å²) in [7, 11) is 1.37. The maximum Gasteiger partial charge on any atom is 0.339 e. The molecule has 1 aliphatic heterocycles. The zero-order valence-corrected chi connectivity index (χ0v) is 12.6. The lowest BCUT2D eigenvalue weighted by Crippen LogP contribution is -2.28. The molecule has 0 spiro atoms. The first-order valence-corrected chi connectivity index (χ1v) is 7.27. The molecule has 1 saturated heterocycles. The molecule has 6 nitrogen and oxygen atoms in total. The van der Waals surface area contributed by atoms with Gasteiger partial charge in [-0.1, -0.05) is 0 Å². The number of likely N-dealkylation sites (tertiary alicyclic amines) is 1. The summed E-state index contributed by atoms with van der Waals surface area (Å²) in [4.78, 5) is 18.6. The van der Waals surface area contributed by atoms with E-state index in [1.54, 1.807) is 22.8 Å². The minimum atomic E-state index is -0.360. The van der Waals surface area contributed by atoms with Crippen LogP contribution in [0, 0.1) is 0 Å².